The van der Waals surface area contributed by atoms with Crippen molar-refractivity contribution in [3.05, 3.63) is 12.2 Å². The molecule has 23 heavy (non-hydrogen) atoms. The van der Waals surface area contributed by atoms with Gasteiger partial charge in [-0.05, 0) is 62.4 Å². The van der Waals surface area contributed by atoms with E-state index in [2.05, 4.69) is 19.9 Å². The van der Waals surface area contributed by atoms with E-state index in [9.17, 15) is 9.59 Å². The van der Waals surface area contributed by atoms with Crippen LogP contribution in [0.1, 0.15) is 46.5 Å². The Hall–Kier alpha value is -1.32. The van der Waals surface area contributed by atoms with Gasteiger partial charge < -0.3 is 9.47 Å². The Morgan fingerprint density at radius 1 is 1.09 bits per heavy atom. The number of methoxy groups -OCH3 is 1. The fourth-order valence-electron chi connectivity index (χ4n) is 5.15. The average molecular weight is 320 g/mol. The summed E-state index contributed by atoms with van der Waals surface area (Å²) >= 11 is 0. The number of hydrogen-bond donors (Lipinski definition) is 0. The van der Waals surface area contributed by atoms with E-state index < -0.39 is 5.60 Å². The molecule has 2 bridgehead atoms. The third-order valence-corrected chi connectivity index (χ3v) is 6.63. The summed E-state index contributed by atoms with van der Waals surface area (Å²) in [4.78, 5) is 25.2. The predicted molar refractivity (Wildman–Crippen MR) is 86.4 cm³/mol. The standard InChI is InChI=1S/C19H28O4/c1-11-12(2)14-10-13(11)15(17(20)22-4)16(14)18(21)23-19(3)8-6-5-7-9-19/h6,8,11-16H,5,7,9-10H2,1-4H3. The first-order valence-corrected chi connectivity index (χ1v) is 8.86. The van der Waals surface area contributed by atoms with Gasteiger partial charge in [-0.3, -0.25) is 9.59 Å². The van der Waals surface area contributed by atoms with Crippen LogP contribution in [0, 0.1) is 35.5 Å². The summed E-state index contributed by atoms with van der Waals surface area (Å²) < 4.78 is 10.9. The second-order valence-corrected chi connectivity index (χ2v) is 7.88. The number of hydrogen-bond acceptors (Lipinski definition) is 4. The van der Waals surface area contributed by atoms with Gasteiger partial charge in [0.2, 0.25) is 0 Å². The van der Waals surface area contributed by atoms with Crippen LogP contribution in [0.15, 0.2) is 12.2 Å². The zero-order valence-corrected chi connectivity index (χ0v) is 14.6. The second kappa shape index (κ2) is 5.95. The normalized spacial score (nSPS) is 45.0. The maximum atomic E-state index is 12.9. The van der Waals surface area contributed by atoms with Gasteiger partial charge in [-0.2, -0.15) is 0 Å². The highest BCUT2D eigenvalue weighted by molar-refractivity contribution is 5.84. The highest BCUT2D eigenvalue weighted by Crippen LogP contribution is 2.58. The van der Waals surface area contributed by atoms with Crippen LogP contribution in [0.2, 0.25) is 0 Å². The number of allylic oxidation sites excluding steroid dienone is 1. The van der Waals surface area contributed by atoms with Crippen molar-refractivity contribution in [1.82, 2.24) is 0 Å². The molecule has 0 aromatic carbocycles. The Kier molecular flexibility index (Phi) is 4.28. The summed E-state index contributed by atoms with van der Waals surface area (Å²) in [6.45, 7) is 6.36. The SMILES string of the molecule is COC(=O)C1C2CC(C(C)C2C)C1C(=O)OC1(C)C=CCCC1. The van der Waals surface area contributed by atoms with Crippen molar-refractivity contribution in [3.8, 4) is 0 Å². The lowest BCUT2D eigenvalue weighted by atomic mass is 9.69. The monoisotopic (exact) mass is 320 g/mol. The minimum Gasteiger partial charge on any atom is -0.469 e. The van der Waals surface area contributed by atoms with Crippen molar-refractivity contribution in [2.75, 3.05) is 7.11 Å². The molecule has 0 radical (unpaired) electrons. The van der Waals surface area contributed by atoms with E-state index in [0.717, 1.165) is 25.7 Å². The van der Waals surface area contributed by atoms with Crippen LogP contribution in [0.4, 0.5) is 0 Å². The van der Waals surface area contributed by atoms with Crippen molar-refractivity contribution in [1.29, 1.82) is 0 Å². The average Bonchev–Trinajstić information content (AvgIpc) is 3.04. The highest BCUT2D eigenvalue weighted by atomic mass is 16.6. The van der Waals surface area contributed by atoms with Gasteiger partial charge in [0.25, 0.3) is 0 Å². The summed E-state index contributed by atoms with van der Waals surface area (Å²) in [6.07, 6.45) is 7.95. The van der Waals surface area contributed by atoms with E-state index in [-0.39, 0.29) is 35.6 Å². The number of carbonyl (C=O) groups is 2. The first-order valence-electron chi connectivity index (χ1n) is 8.86. The fraction of sp³-hybridized carbons (Fsp3) is 0.789. The minimum atomic E-state index is -0.521. The molecule has 0 saturated heterocycles. The van der Waals surface area contributed by atoms with Crippen LogP contribution in [0.5, 0.6) is 0 Å². The van der Waals surface area contributed by atoms with Crippen LogP contribution < -0.4 is 0 Å². The smallest absolute Gasteiger partial charge is 0.310 e. The van der Waals surface area contributed by atoms with E-state index >= 15 is 0 Å². The van der Waals surface area contributed by atoms with Crippen molar-refractivity contribution >= 4 is 11.9 Å². The molecule has 0 aromatic heterocycles. The lowest BCUT2D eigenvalue weighted by Gasteiger charge is -2.38. The van der Waals surface area contributed by atoms with Gasteiger partial charge in [0.1, 0.15) is 5.60 Å². The Bertz CT molecular complexity index is 525. The van der Waals surface area contributed by atoms with Crippen molar-refractivity contribution in [2.45, 2.75) is 52.1 Å². The number of ether oxygens (including phenoxy) is 2. The van der Waals surface area contributed by atoms with Crippen LogP contribution >= 0.6 is 0 Å². The Morgan fingerprint density at radius 2 is 1.70 bits per heavy atom. The quantitative estimate of drug-likeness (QED) is 0.591. The molecule has 0 aliphatic heterocycles. The molecule has 7 atom stereocenters. The molecule has 4 heteroatoms. The highest BCUT2D eigenvalue weighted by Gasteiger charge is 2.61. The molecule has 0 N–H and O–H groups in total. The van der Waals surface area contributed by atoms with Gasteiger partial charge in [0.15, 0.2) is 0 Å². The maximum Gasteiger partial charge on any atom is 0.310 e. The molecule has 3 aliphatic rings. The molecular formula is C19H28O4. The van der Waals surface area contributed by atoms with E-state index in [1.807, 2.05) is 13.0 Å². The largest absolute Gasteiger partial charge is 0.469 e. The maximum absolute atomic E-state index is 12.9. The summed E-state index contributed by atoms with van der Waals surface area (Å²) in [5.41, 5.74) is -0.521. The van der Waals surface area contributed by atoms with E-state index in [1.165, 1.54) is 7.11 Å². The second-order valence-electron chi connectivity index (χ2n) is 7.88. The lowest BCUT2D eigenvalue weighted by Crippen LogP contribution is -2.44. The van der Waals surface area contributed by atoms with Gasteiger partial charge in [-0.15, -0.1) is 0 Å². The molecular weight excluding hydrogens is 292 g/mol. The van der Waals surface area contributed by atoms with E-state index in [0.29, 0.717) is 11.8 Å². The molecule has 0 heterocycles. The van der Waals surface area contributed by atoms with Gasteiger partial charge in [-0.1, -0.05) is 19.9 Å². The zero-order valence-electron chi connectivity index (χ0n) is 14.6. The summed E-state index contributed by atoms with van der Waals surface area (Å²) in [5, 5.41) is 0. The minimum absolute atomic E-state index is 0.208. The Labute approximate surface area is 138 Å². The molecule has 0 spiro atoms. The van der Waals surface area contributed by atoms with Gasteiger partial charge in [0, 0.05) is 0 Å². The van der Waals surface area contributed by atoms with Crippen LogP contribution in [-0.4, -0.2) is 24.6 Å². The molecule has 7 unspecified atom stereocenters. The molecule has 3 rings (SSSR count). The van der Waals surface area contributed by atoms with Crippen molar-refractivity contribution < 1.29 is 19.1 Å². The van der Waals surface area contributed by atoms with Gasteiger partial charge in [-0.25, -0.2) is 0 Å². The number of fused-ring (bicyclic) bond motifs is 2. The van der Waals surface area contributed by atoms with E-state index in [4.69, 9.17) is 9.47 Å². The van der Waals surface area contributed by atoms with Crippen LogP contribution in [-0.2, 0) is 19.1 Å². The van der Waals surface area contributed by atoms with Gasteiger partial charge >= 0.3 is 11.9 Å². The third kappa shape index (κ3) is 2.70. The summed E-state index contributed by atoms with van der Waals surface area (Å²) in [6, 6.07) is 0. The van der Waals surface area contributed by atoms with Crippen LogP contribution in [0.3, 0.4) is 0 Å². The lowest BCUT2D eigenvalue weighted by molar-refractivity contribution is -0.171. The Morgan fingerprint density at radius 3 is 2.22 bits per heavy atom. The van der Waals surface area contributed by atoms with Gasteiger partial charge in [0.05, 0.1) is 18.9 Å². The summed E-state index contributed by atoms with van der Waals surface area (Å²) in [5.74, 6) is 0.262. The van der Waals surface area contributed by atoms with Crippen molar-refractivity contribution in [2.24, 2.45) is 35.5 Å². The molecule has 128 valence electrons. The third-order valence-electron chi connectivity index (χ3n) is 6.63. The number of rotatable bonds is 3. The Balaban J connectivity index is 1.81. The van der Waals surface area contributed by atoms with Crippen LogP contribution in [0.25, 0.3) is 0 Å². The molecule has 2 fully saturated rings. The summed E-state index contributed by atoms with van der Waals surface area (Å²) in [7, 11) is 1.41. The first kappa shape index (κ1) is 16.5. The molecule has 2 saturated carbocycles. The number of carbonyl (C=O) groups excluding carboxylic acids is 2. The van der Waals surface area contributed by atoms with E-state index in [1.54, 1.807) is 0 Å². The number of esters is 2. The van der Waals surface area contributed by atoms with Crippen molar-refractivity contribution in [3.63, 3.8) is 0 Å². The molecule has 0 aromatic rings. The first-order chi connectivity index (χ1) is 10.9. The predicted octanol–water partition coefficient (Wildman–Crippen LogP) is 3.36. The molecule has 3 aliphatic carbocycles. The zero-order chi connectivity index (χ0) is 16.8. The fourth-order valence-corrected chi connectivity index (χ4v) is 5.15. The topological polar surface area (TPSA) is 52.6 Å². The molecule has 4 nitrogen and oxygen atoms in total. The molecule has 0 amide bonds.